The van der Waals surface area contributed by atoms with E-state index in [1.165, 1.54) is 16.7 Å². The summed E-state index contributed by atoms with van der Waals surface area (Å²) in [7, 11) is 1.61. The average Bonchev–Trinajstić information content (AvgIpc) is 3.40. The van der Waals surface area contributed by atoms with Gasteiger partial charge in [-0.15, -0.1) is 5.10 Å². The number of aromatic nitrogens is 5. The summed E-state index contributed by atoms with van der Waals surface area (Å²) in [6.07, 6.45) is -0.0699. The van der Waals surface area contributed by atoms with Crippen LogP contribution in [-0.4, -0.2) is 32.2 Å². The lowest BCUT2D eigenvalue weighted by Crippen LogP contribution is -2.22. The van der Waals surface area contributed by atoms with Crippen LogP contribution >= 0.6 is 0 Å². The molecule has 152 valence electrons. The number of para-hydroxylation sites is 1. The summed E-state index contributed by atoms with van der Waals surface area (Å²) in [4.78, 5) is 4.51. The second-order valence-corrected chi connectivity index (χ2v) is 7.35. The van der Waals surface area contributed by atoms with Gasteiger partial charge in [0.2, 0.25) is 5.82 Å². The third-order valence-electron chi connectivity index (χ3n) is 5.35. The molecule has 0 fully saturated rings. The van der Waals surface area contributed by atoms with Crippen molar-refractivity contribution < 1.29 is 14.0 Å². The van der Waals surface area contributed by atoms with Crippen molar-refractivity contribution in [3.8, 4) is 28.7 Å². The predicted molar refractivity (Wildman–Crippen MR) is 109 cm³/mol. The van der Waals surface area contributed by atoms with Crippen LogP contribution in [-0.2, 0) is 17.9 Å². The van der Waals surface area contributed by atoms with Crippen LogP contribution in [0, 0.1) is 13.8 Å². The fourth-order valence-corrected chi connectivity index (χ4v) is 3.81. The Morgan fingerprint density at radius 1 is 1.13 bits per heavy atom. The van der Waals surface area contributed by atoms with Crippen molar-refractivity contribution in [2.75, 3.05) is 7.11 Å². The van der Waals surface area contributed by atoms with E-state index in [4.69, 9.17) is 14.0 Å². The predicted octanol–water partition coefficient (Wildman–Crippen LogP) is 3.89. The number of hydrogen-bond acceptors (Lipinski definition) is 7. The Kier molecular flexibility index (Phi) is 4.55. The zero-order valence-electron chi connectivity index (χ0n) is 17.0. The summed E-state index contributed by atoms with van der Waals surface area (Å²) in [5.41, 5.74) is 5.73. The van der Waals surface area contributed by atoms with Gasteiger partial charge in [0.1, 0.15) is 11.9 Å². The van der Waals surface area contributed by atoms with Gasteiger partial charge in [-0.3, -0.25) is 0 Å². The Balaban J connectivity index is 1.43. The van der Waals surface area contributed by atoms with Gasteiger partial charge in [0.25, 0.3) is 5.89 Å². The molecular formula is C22H21N5O3. The SMILES string of the molecule is COc1ccccc1-c1noc(-c2nnn3c2COC(c2ccc(C)cc2C)C3)n1. The van der Waals surface area contributed by atoms with E-state index in [-0.39, 0.29) is 6.10 Å². The largest absolute Gasteiger partial charge is 0.496 e. The number of fused-ring (bicyclic) bond motifs is 1. The molecule has 8 heteroatoms. The van der Waals surface area contributed by atoms with E-state index in [0.717, 1.165) is 11.3 Å². The Bertz CT molecular complexity index is 1210. The molecule has 0 amide bonds. The topological polar surface area (TPSA) is 88.1 Å². The number of aryl methyl sites for hydroxylation is 2. The molecule has 0 spiro atoms. The molecule has 0 saturated heterocycles. The molecule has 8 nitrogen and oxygen atoms in total. The lowest BCUT2D eigenvalue weighted by atomic mass is 10.0. The number of nitrogens with zero attached hydrogens (tertiary/aromatic N) is 5. The van der Waals surface area contributed by atoms with Crippen LogP contribution in [0.3, 0.4) is 0 Å². The highest BCUT2D eigenvalue weighted by Crippen LogP contribution is 2.33. The molecule has 5 rings (SSSR count). The quantitative estimate of drug-likeness (QED) is 0.511. The minimum Gasteiger partial charge on any atom is -0.496 e. The maximum atomic E-state index is 6.15. The molecule has 1 atom stereocenters. The van der Waals surface area contributed by atoms with Gasteiger partial charge in [-0.1, -0.05) is 46.3 Å². The maximum Gasteiger partial charge on any atom is 0.280 e. The van der Waals surface area contributed by atoms with Crippen LogP contribution < -0.4 is 4.74 Å². The smallest absolute Gasteiger partial charge is 0.280 e. The highest BCUT2D eigenvalue weighted by Gasteiger charge is 2.28. The molecule has 0 radical (unpaired) electrons. The van der Waals surface area contributed by atoms with Crippen molar-refractivity contribution in [2.45, 2.75) is 33.1 Å². The molecule has 2 aromatic carbocycles. The maximum absolute atomic E-state index is 6.15. The van der Waals surface area contributed by atoms with Crippen molar-refractivity contribution in [1.82, 2.24) is 25.1 Å². The number of ether oxygens (including phenoxy) is 2. The molecule has 1 aliphatic rings. The van der Waals surface area contributed by atoms with Crippen LogP contribution in [0.5, 0.6) is 5.75 Å². The van der Waals surface area contributed by atoms with E-state index in [1.54, 1.807) is 7.11 Å². The van der Waals surface area contributed by atoms with Gasteiger partial charge < -0.3 is 14.0 Å². The summed E-state index contributed by atoms with van der Waals surface area (Å²) in [6.45, 7) is 5.14. The average molecular weight is 403 g/mol. The van der Waals surface area contributed by atoms with E-state index >= 15 is 0 Å². The molecule has 1 unspecified atom stereocenters. The molecule has 2 aromatic heterocycles. The van der Waals surface area contributed by atoms with Gasteiger partial charge in [0.05, 0.1) is 31.5 Å². The summed E-state index contributed by atoms with van der Waals surface area (Å²) in [5.74, 6) is 1.43. The monoisotopic (exact) mass is 403 g/mol. The molecule has 0 N–H and O–H groups in total. The second-order valence-electron chi connectivity index (χ2n) is 7.35. The third-order valence-corrected chi connectivity index (χ3v) is 5.35. The van der Waals surface area contributed by atoms with Gasteiger partial charge >= 0.3 is 0 Å². The number of methoxy groups -OCH3 is 1. The van der Waals surface area contributed by atoms with Crippen LogP contribution in [0.1, 0.15) is 28.5 Å². The fraction of sp³-hybridized carbons (Fsp3) is 0.273. The summed E-state index contributed by atoms with van der Waals surface area (Å²) in [5, 5.41) is 12.7. The van der Waals surface area contributed by atoms with Crippen molar-refractivity contribution in [1.29, 1.82) is 0 Å². The minimum absolute atomic E-state index is 0.0699. The lowest BCUT2D eigenvalue weighted by Gasteiger charge is -2.25. The fourth-order valence-electron chi connectivity index (χ4n) is 3.81. The highest BCUT2D eigenvalue weighted by molar-refractivity contribution is 5.65. The zero-order chi connectivity index (χ0) is 20.7. The molecule has 1 aliphatic heterocycles. The van der Waals surface area contributed by atoms with E-state index in [2.05, 4.69) is 52.5 Å². The van der Waals surface area contributed by atoms with Gasteiger partial charge in [0.15, 0.2) is 5.69 Å². The van der Waals surface area contributed by atoms with Crippen molar-refractivity contribution in [3.05, 3.63) is 64.8 Å². The normalized spacial score (nSPS) is 15.8. The Hall–Kier alpha value is -3.52. The van der Waals surface area contributed by atoms with Crippen LogP contribution in [0.4, 0.5) is 0 Å². The first-order valence-corrected chi connectivity index (χ1v) is 9.72. The van der Waals surface area contributed by atoms with Crippen molar-refractivity contribution in [2.24, 2.45) is 0 Å². The first-order chi connectivity index (χ1) is 14.6. The summed E-state index contributed by atoms with van der Waals surface area (Å²) in [6, 6.07) is 13.9. The number of hydrogen-bond donors (Lipinski definition) is 0. The first kappa shape index (κ1) is 18.5. The van der Waals surface area contributed by atoms with E-state index in [0.29, 0.717) is 36.3 Å². The number of benzene rings is 2. The van der Waals surface area contributed by atoms with Crippen molar-refractivity contribution in [3.63, 3.8) is 0 Å². The van der Waals surface area contributed by atoms with Crippen LogP contribution in [0.2, 0.25) is 0 Å². The molecule has 3 heterocycles. The zero-order valence-corrected chi connectivity index (χ0v) is 17.0. The lowest BCUT2D eigenvalue weighted by molar-refractivity contribution is -0.00153. The number of rotatable bonds is 4. The van der Waals surface area contributed by atoms with Gasteiger partial charge in [-0.2, -0.15) is 4.98 Å². The molecule has 0 bridgehead atoms. The Morgan fingerprint density at radius 3 is 2.83 bits per heavy atom. The van der Waals surface area contributed by atoms with Crippen LogP contribution in [0.25, 0.3) is 23.0 Å². The third kappa shape index (κ3) is 3.15. The summed E-state index contributed by atoms with van der Waals surface area (Å²) >= 11 is 0. The highest BCUT2D eigenvalue weighted by atomic mass is 16.5. The Morgan fingerprint density at radius 2 is 2.00 bits per heavy atom. The minimum atomic E-state index is -0.0699. The molecule has 30 heavy (non-hydrogen) atoms. The molecular weight excluding hydrogens is 382 g/mol. The van der Waals surface area contributed by atoms with Gasteiger partial charge in [-0.25, -0.2) is 4.68 Å². The molecule has 0 saturated carbocycles. The summed E-state index contributed by atoms with van der Waals surface area (Å²) < 4.78 is 18.9. The van der Waals surface area contributed by atoms with Crippen LogP contribution in [0.15, 0.2) is 47.0 Å². The molecule has 4 aromatic rings. The Labute approximate surface area is 173 Å². The second kappa shape index (κ2) is 7.38. The first-order valence-electron chi connectivity index (χ1n) is 9.72. The van der Waals surface area contributed by atoms with Crippen molar-refractivity contribution >= 4 is 0 Å². The molecule has 0 aliphatic carbocycles. The van der Waals surface area contributed by atoms with Gasteiger partial charge in [0, 0.05) is 0 Å². The van der Waals surface area contributed by atoms with E-state index in [1.807, 2.05) is 28.9 Å². The van der Waals surface area contributed by atoms with E-state index in [9.17, 15) is 0 Å². The van der Waals surface area contributed by atoms with E-state index < -0.39 is 0 Å². The standard InChI is InChI=1S/C22H21N5O3/c1-13-8-9-15(14(2)10-13)19-11-27-17(12-29-19)20(24-26-27)22-23-21(25-30-22)16-6-4-5-7-18(16)28-3/h4-10,19H,11-12H2,1-3H3. The van der Waals surface area contributed by atoms with Gasteiger partial charge in [-0.05, 0) is 37.1 Å².